The summed E-state index contributed by atoms with van der Waals surface area (Å²) in [4.78, 5) is 18.3. The van der Waals surface area contributed by atoms with Crippen LogP contribution in [0.5, 0.6) is 0 Å². The molecular weight excluding hydrogens is 332 g/mol. The fraction of sp³-hybridized carbons (Fsp3) is 0.895. The highest BCUT2D eigenvalue weighted by atomic mass is 16.5. The molecule has 0 aromatic heterocycles. The predicted octanol–water partition coefficient (Wildman–Crippen LogP) is 0.746. The van der Waals surface area contributed by atoms with Gasteiger partial charge in [-0.15, -0.1) is 0 Å². The van der Waals surface area contributed by atoms with E-state index in [1.54, 1.807) is 7.11 Å². The van der Waals surface area contributed by atoms with Crippen molar-refractivity contribution in [2.24, 2.45) is 16.3 Å². The lowest BCUT2D eigenvalue weighted by Gasteiger charge is -2.63. The normalized spacial score (nSPS) is 33.4. The van der Waals surface area contributed by atoms with E-state index in [1.165, 1.54) is 25.7 Å². The van der Waals surface area contributed by atoms with Gasteiger partial charge >= 0.3 is 0 Å². The van der Waals surface area contributed by atoms with E-state index in [1.807, 2.05) is 11.9 Å². The molecule has 7 heteroatoms. The Labute approximate surface area is 155 Å². The molecule has 2 saturated heterocycles. The number of hydrogen-bond donors (Lipinski definition) is 2. The molecule has 1 amide bonds. The Bertz CT molecular complexity index is 555. The first-order chi connectivity index (χ1) is 12.7. The van der Waals surface area contributed by atoms with Gasteiger partial charge in [-0.3, -0.25) is 9.79 Å². The maximum atomic E-state index is 11.9. The number of carbonyl (C=O) groups excluding carboxylic acids is 1. The van der Waals surface area contributed by atoms with E-state index < -0.39 is 0 Å². The number of likely N-dealkylation sites (tertiary alicyclic amines) is 1. The van der Waals surface area contributed by atoms with Gasteiger partial charge in [0.25, 0.3) is 0 Å². The first kappa shape index (κ1) is 18.0. The van der Waals surface area contributed by atoms with Crippen LogP contribution in [0.15, 0.2) is 4.99 Å². The number of fused-ring (bicyclic) bond motifs is 2. The summed E-state index contributed by atoms with van der Waals surface area (Å²) in [6, 6.07) is 0.860. The van der Waals surface area contributed by atoms with E-state index in [2.05, 4.69) is 15.6 Å². The van der Waals surface area contributed by atoms with Crippen molar-refractivity contribution in [2.45, 2.75) is 56.7 Å². The van der Waals surface area contributed by atoms with Crippen molar-refractivity contribution in [3.63, 3.8) is 0 Å². The van der Waals surface area contributed by atoms with Crippen LogP contribution < -0.4 is 10.6 Å². The minimum Gasteiger partial charge on any atom is -0.377 e. The van der Waals surface area contributed by atoms with Gasteiger partial charge in [0.1, 0.15) is 6.61 Å². The fourth-order valence-corrected chi connectivity index (χ4v) is 5.46. The van der Waals surface area contributed by atoms with E-state index in [0.29, 0.717) is 29.5 Å². The zero-order valence-electron chi connectivity index (χ0n) is 16.0. The molecule has 0 bridgehead atoms. The van der Waals surface area contributed by atoms with E-state index >= 15 is 0 Å². The van der Waals surface area contributed by atoms with Crippen LogP contribution in [0.2, 0.25) is 0 Å². The number of aliphatic imine (C=N–C) groups is 1. The largest absolute Gasteiger partial charge is 0.377 e. The Morgan fingerprint density at radius 3 is 2.65 bits per heavy atom. The van der Waals surface area contributed by atoms with E-state index in [9.17, 15) is 4.79 Å². The number of nitrogens with zero attached hydrogens (tertiary/aromatic N) is 2. The summed E-state index contributed by atoms with van der Waals surface area (Å²) in [7, 11) is 3.42. The number of piperidine rings is 1. The Hall–Kier alpha value is -1.34. The third-order valence-corrected chi connectivity index (χ3v) is 7.01. The van der Waals surface area contributed by atoms with Gasteiger partial charge in [-0.2, -0.15) is 0 Å². The first-order valence-corrected chi connectivity index (χ1v) is 10.1. The number of guanidine groups is 1. The SMILES string of the molecule is CN=C(NC1CCN(C(=O)COC)CC1)NC1C2CCOC2C12CCC2. The molecule has 7 nitrogen and oxygen atoms in total. The molecule has 26 heavy (non-hydrogen) atoms. The fourth-order valence-electron chi connectivity index (χ4n) is 5.46. The van der Waals surface area contributed by atoms with Crippen molar-refractivity contribution in [2.75, 3.05) is 40.5 Å². The molecule has 2 aliphatic heterocycles. The highest BCUT2D eigenvalue weighted by Crippen LogP contribution is 2.62. The summed E-state index contributed by atoms with van der Waals surface area (Å²) in [5, 5.41) is 7.32. The first-order valence-electron chi connectivity index (χ1n) is 10.1. The van der Waals surface area contributed by atoms with E-state index in [-0.39, 0.29) is 12.5 Å². The van der Waals surface area contributed by atoms with Gasteiger partial charge in [0, 0.05) is 57.3 Å². The van der Waals surface area contributed by atoms with Gasteiger partial charge < -0.3 is 25.0 Å². The Kier molecular flexibility index (Phi) is 5.10. The van der Waals surface area contributed by atoms with Crippen LogP contribution >= 0.6 is 0 Å². The molecule has 0 aromatic carbocycles. The monoisotopic (exact) mass is 364 g/mol. The number of hydrogen-bond acceptors (Lipinski definition) is 4. The van der Waals surface area contributed by atoms with Gasteiger partial charge in [0.2, 0.25) is 5.91 Å². The molecule has 0 aromatic rings. The zero-order valence-corrected chi connectivity index (χ0v) is 16.0. The van der Waals surface area contributed by atoms with E-state index in [0.717, 1.165) is 38.5 Å². The number of rotatable bonds is 4. The summed E-state index contributed by atoms with van der Waals surface area (Å²) in [5.74, 6) is 1.64. The number of methoxy groups -OCH3 is 1. The summed E-state index contributed by atoms with van der Waals surface area (Å²) in [6.45, 7) is 2.65. The second-order valence-electron chi connectivity index (χ2n) is 8.26. The van der Waals surface area contributed by atoms with Crippen molar-refractivity contribution >= 4 is 11.9 Å². The molecule has 2 aliphatic carbocycles. The molecule has 4 aliphatic rings. The lowest BCUT2D eigenvalue weighted by atomic mass is 9.46. The molecule has 0 radical (unpaired) electrons. The Morgan fingerprint density at radius 1 is 1.27 bits per heavy atom. The smallest absolute Gasteiger partial charge is 0.248 e. The molecule has 4 fully saturated rings. The number of nitrogens with one attached hydrogen (secondary N) is 2. The third-order valence-electron chi connectivity index (χ3n) is 7.01. The highest BCUT2D eigenvalue weighted by Gasteiger charge is 2.66. The maximum Gasteiger partial charge on any atom is 0.248 e. The van der Waals surface area contributed by atoms with Gasteiger partial charge in [0.05, 0.1) is 6.10 Å². The zero-order chi connectivity index (χ0) is 18.1. The molecule has 4 rings (SSSR count). The van der Waals surface area contributed by atoms with Crippen LogP contribution in [0.4, 0.5) is 0 Å². The van der Waals surface area contributed by atoms with Crippen LogP contribution in [0, 0.1) is 11.3 Å². The third kappa shape index (κ3) is 2.99. The van der Waals surface area contributed by atoms with Gasteiger partial charge in [-0.1, -0.05) is 6.42 Å². The van der Waals surface area contributed by atoms with Gasteiger partial charge in [-0.25, -0.2) is 0 Å². The molecule has 3 atom stereocenters. The van der Waals surface area contributed by atoms with Crippen molar-refractivity contribution in [3.05, 3.63) is 0 Å². The van der Waals surface area contributed by atoms with Crippen LogP contribution in [0.3, 0.4) is 0 Å². The predicted molar refractivity (Wildman–Crippen MR) is 99.0 cm³/mol. The summed E-state index contributed by atoms with van der Waals surface area (Å²) < 4.78 is 11.0. The van der Waals surface area contributed by atoms with Crippen LogP contribution in [-0.2, 0) is 14.3 Å². The van der Waals surface area contributed by atoms with Crippen molar-refractivity contribution in [1.82, 2.24) is 15.5 Å². The lowest BCUT2D eigenvalue weighted by molar-refractivity contribution is -0.171. The maximum absolute atomic E-state index is 11.9. The molecule has 2 heterocycles. The van der Waals surface area contributed by atoms with Crippen LogP contribution in [0.1, 0.15) is 38.5 Å². The van der Waals surface area contributed by atoms with E-state index in [4.69, 9.17) is 9.47 Å². The number of ether oxygens (including phenoxy) is 2. The molecule has 146 valence electrons. The van der Waals surface area contributed by atoms with Gasteiger partial charge in [-0.05, 0) is 32.1 Å². The Morgan fingerprint density at radius 2 is 2.04 bits per heavy atom. The van der Waals surface area contributed by atoms with Crippen LogP contribution in [-0.4, -0.2) is 75.4 Å². The average Bonchev–Trinajstić information content (AvgIpc) is 3.03. The van der Waals surface area contributed by atoms with Crippen molar-refractivity contribution in [1.29, 1.82) is 0 Å². The molecule has 1 spiro atoms. The average molecular weight is 364 g/mol. The second kappa shape index (κ2) is 7.35. The standard InChI is InChI=1S/C19H32N4O3/c1-20-18(21-13-4-9-23(10-5-13)15(24)12-25-2)22-16-14-6-11-26-17(14)19(16)7-3-8-19/h13-14,16-17H,3-12H2,1-2H3,(H2,20,21,22). The Balaban J connectivity index is 1.29. The van der Waals surface area contributed by atoms with Crippen LogP contribution in [0.25, 0.3) is 0 Å². The number of carbonyl (C=O) groups is 1. The molecule has 2 N–H and O–H groups in total. The van der Waals surface area contributed by atoms with Crippen molar-refractivity contribution in [3.8, 4) is 0 Å². The topological polar surface area (TPSA) is 75.2 Å². The summed E-state index contributed by atoms with van der Waals surface area (Å²) >= 11 is 0. The minimum absolute atomic E-state index is 0.0853. The second-order valence-corrected chi connectivity index (χ2v) is 8.26. The van der Waals surface area contributed by atoms with Gasteiger partial charge in [0.15, 0.2) is 5.96 Å². The number of amides is 1. The molecule has 2 saturated carbocycles. The minimum atomic E-state index is 0.0853. The lowest BCUT2D eigenvalue weighted by Crippen LogP contribution is -2.72. The quantitative estimate of drug-likeness (QED) is 0.569. The van der Waals surface area contributed by atoms with Crippen molar-refractivity contribution < 1.29 is 14.3 Å². The molecular formula is C19H32N4O3. The highest BCUT2D eigenvalue weighted by molar-refractivity contribution is 5.81. The summed E-state index contributed by atoms with van der Waals surface area (Å²) in [6.07, 6.45) is 7.42. The molecule has 3 unspecified atom stereocenters. The summed E-state index contributed by atoms with van der Waals surface area (Å²) in [5.41, 5.74) is 0.356.